The number of ether oxygens (including phenoxy) is 2. The van der Waals surface area contributed by atoms with Gasteiger partial charge >= 0.3 is 5.97 Å². The molecule has 1 aliphatic carbocycles. The first-order valence-electron chi connectivity index (χ1n) is 16.2. The number of aliphatic hydroxyl groups excluding tert-OH is 1. The molecule has 1 aromatic carbocycles. The van der Waals surface area contributed by atoms with Gasteiger partial charge in [0.1, 0.15) is 23.6 Å². The number of allylic oxidation sites excluding steroid dienone is 5. The van der Waals surface area contributed by atoms with Gasteiger partial charge in [0.05, 0.1) is 24.3 Å². The molecule has 5 atom stereocenters. The summed E-state index contributed by atoms with van der Waals surface area (Å²) < 4.78 is 11.3. The highest BCUT2D eigenvalue weighted by Crippen LogP contribution is 2.34. The molecule has 0 radical (unpaired) electrons. The number of nitrogens with one attached hydrogen (secondary N) is 2. The molecule has 0 spiro atoms. The number of esters is 1. The van der Waals surface area contributed by atoms with Crippen LogP contribution < -0.4 is 10.6 Å². The molecule has 1 aliphatic heterocycles. The van der Waals surface area contributed by atoms with Crippen molar-refractivity contribution in [2.75, 3.05) is 12.4 Å². The highest BCUT2D eigenvalue weighted by molar-refractivity contribution is 5.93. The Morgan fingerprint density at radius 3 is 2.50 bits per heavy atom. The maximum Gasteiger partial charge on any atom is 0.328 e. The zero-order valence-electron chi connectivity index (χ0n) is 27.4. The molecule has 252 valence electrons. The summed E-state index contributed by atoms with van der Waals surface area (Å²) in [6, 6.07) is 1.89. The summed E-state index contributed by atoms with van der Waals surface area (Å²) in [4.78, 5) is 38.6. The lowest BCUT2D eigenvalue weighted by Crippen LogP contribution is -2.45. The van der Waals surface area contributed by atoms with E-state index < -0.39 is 42.1 Å². The Hall–Kier alpha value is -3.89. The first-order chi connectivity index (χ1) is 22.0. The van der Waals surface area contributed by atoms with Crippen molar-refractivity contribution in [1.29, 1.82) is 0 Å². The smallest absolute Gasteiger partial charge is 0.328 e. The van der Waals surface area contributed by atoms with E-state index in [-0.39, 0.29) is 35.4 Å². The van der Waals surface area contributed by atoms with Gasteiger partial charge in [0.2, 0.25) is 11.8 Å². The van der Waals surface area contributed by atoms with Gasteiger partial charge in [-0.1, -0.05) is 68.7 Å². The Bertz CT molecular complexity index is 1310. The third kappa shape index (κ3) is 11.2. The van der Waals surface area contributed by atoms with Gasteiger partial charge in [0, 0.05) is 31.4 Å². The van der Waals surface area contributed by atoms with Crippen LogP contribution in [0, 0.1) is 11.8 Å². The van der Waals surface area contributed by atoms with Gasteiger partial charge in [-0.2, -0.15) is 0 Å². The minimum Gasteiger partial charge on any atom is -0.508 e. The maximum atomic E-state index is 13.1. The average Bonchev–Trinajstić information content (AvgIpc) is 3.04. The van der Waals surface area contributed by atoms with E-state index >= 15 is 0 Å². The third-order valence-electron chi connectivity index (χ3n) is 8.69. The quantitative estimate of drug-likeness (QED) is 0.125. The fourth-order valence-corrected chi connectivity index (χ4v) is 5.76. The summed E-state index contributed by atoms with van der Waals surface area (Å²) in [7, 11) is 1.49. The van der Waals surface area contributed by atoms with Crippen LogP contribution in [0.5, 0.6) is 11.5 Å². The third-order valence-corrected chi connectivity index (χ3v) is 8.69. The predicted octanol–water partition coefficient (Wildman–Crippen LogP) is 5.39. The van der Waals surface area contributed by atoms with Crippen LogP contribution in [0.25, 0.3) is 0 Å². The van der Waals surface area contributed by atoms with Crippen LogP contribution in [0.1, 0.15) is 77.7 Å². The summed E-state index contributed by atoms with van der Waals surface area (Å²) in [6.45, 7) is 5.22. The minimum absolute atomic E-state index is 0.00853. The average molecular weight is 639 g/mol. The van der Waals surface area contributed by atoms with Gasteiger partial charge < -0.3 is 35.4 Å². The molecular formula is C36H50N2O8. The van der Waals surface area contributed by atoms with Gasteiger partial charge in [0.15, 0.2) is 0 Å². The molecule has 46 heavy (non-hydrogen) atoms. The van der Waals surface area contributed by atoms with Crippen LogP contribution in [0.3, 0.4) is 0 Å². The van der Waals surface area contributed by atoms with Crippen molar-refractivity contribution < 1.29 is 39.2 Å². The lowest BCUT2D eigenvalue weighted by molar-refractivity contribution is -0.156. The molecule has 1 saturated carbocycles. The molecule has 1 fully saturated rings. The van der Waals surface area contributed by atoms with E-state index in [9.17, 15) is 29.7 Å². The zero-order chi connectivity index (χ0) is 33.6. The number of phenols is 2. The van der Waals surface area contributed by atoms with Gasteiger partial charge in [-0.25, -0.2) is 4.79 Å². The minimum atomic E-state index is -0.940. The van der Waals surface area contributed by atoms with Gasteiger partial charge in [-0.15, -0.1) is 0 Å². The number of fused-ring (bicyclic) bond motifs is 2. The molecule has 10 nitrogen and oxygen atoms in total. The second-order valence-electron chi connectivity index (χ2n) is 12.3. The largest absolute Gasteiger partial charge is 0.508 e. The Kier molecular flexibility index (Phi) is 14.6. The number of amides is 2. The first kappa shape index (κ1) is 36.6. The topological polar surface area (TPSA) is 154 Å². The number of aryl methyl sites for hydroxylation is 1. The Labute approximate surface area is 272 Å². The van der Waals surface area contributed by atoms with Crippen molar-refractivity contribution in [3.05, 3.63) is 65.8 Å². The molecule has 1 heterocycles. The van der Waals surface area contributed by atoms with Crippen LogP contribution in [-0.2, 0) is 30.3 Å². The van der Waals surface area contributed by atoms with Crippen molar-refractivity contribution in [1.82, 2.24) is 5.32 Å². The number of phenolic OH excluding ortho intramolecular Hbond substituents is 2. The lowest BCUT2D eigenvalue weighted by Gasteiger charge is -2.29. The van der Waals surface area contributed by atoms with E-state index in [4.69, 9.17) is 9.47 Å². The number of hydrogen-bond donors (Lipinski definition) is 5. The highest BCUT2D eigenvalue weighted by Gasteiger charge is 2.31. The molecule has 2 aliphatic rings. The number of aliphatic hydroxyl groups is 1. The van der Waals surface area contributed by atoms with Crippen LogP contribution in [0.15, 0.2) is 60.2 Å². The highest BCUT2D eigenvalue weighted by atomic mass is 16.5. The van der Waals surface area contributed by atoms with E-state index in [1.807, 2.05) is 19.1 Å². The van der Waals surface area contributed by atoms with Gasteiger partial charge in [0.25, 0.3) is 0 Å². The summed E-state index contributed by atoms with van der Waals surface area (Å²) in [5.41, 5.74) is 1.19. The molecule has 10 heteroatoms. The Balaban J connectivity index is 1.82. The molecule has 2 amide bonds. The summed E-state index contributed by atoms with van der Waals surface area (Å²) >= 11 is 0. The second-order valence-corrected chi connectivity index (χ2v) is 12.3. The summed E-state index contributed by atoms with van der Waals surface area (Å²) in [6.07, 6.45) is 16.2. The van der Waals surface area contributed by atoms with Gasteiger partial charge in [-0.3, -0.25) is 9.59 Å². The van der Waals surface area contributed by atoms with E-state index in [2.05, 4.69) is 10.6 Å². The number of hydrogen-bond acceptors (Lipinski definition) is 8. The van der Waals surface area contributed by atoms with Crippen molar-refractivity contribution in [2.45, 2.75) is 103 Å². The number of benzene rings is 1. The van der Waals surface area contributed by atoms with Crippen molar-refractivity contribution in [3.63, 3.8) is 0 Å². The zero-order valence-corrected chi connectivity index (χ0v) is 27.4. The molecule has 0 saturated heterocycles. The monoisotopic (exact) mass is 638 g/mol. The van der Waals surface area contributed by atoms with E-state index in [0.29, 0.717) is 30.4 Å². The number of carbonyl (C=O) groups excluding carboxylic acids is 3. The Morgan fingerprint density at radius 2 is 1.78 bits per heavy atom. The van der Waals surface area contributed by atoms with Crippen LogP contribution in [0.2, 0.25) is 0 Å². The molecule has 2 bridgehead atoms. The summed E-state index contributed by atoms with van der Waals surface area (Å²) in [5.74, 6) is -1.90. The Morgan fingerprint density at radius 1 is 1.07 bits per heavy atom. The fraction of sp³-hybridized carbons (Fsp3) is 0.528. The van der Waals surface area contributed by atoms with E-state index in [1.165, 1.54) is 19.2 Å². The van der Waals surface area contributed by atoms with E-state index in [1.54, 1.807) is 44.2 Å². The molecule has 5 unspecified atom stereocenters. The van der Waals surface area contributed by atoms with Crippen LogP contribution in [-0.4, -0.2) is 64.6 Å². The molecule has 0 aromatic heterocycles. The van der Waals surface area contributed by atoms with Crippen molar-refractivity contribution in [2.24, 2.45) is 11.8 Å². The SMILES string of the molecule is COC1C=C/C=C/C=C/CC(OC(=O)C(C)NC(=O)C2CCCCC2)C(C)C(O)/C(C)=C\CCc2cc(O)cc(c2O)NC(=O)C1. The number of rotatable bonds is 5. The fourth-order valence-electron chi connectivity index (χ4n) is 5.76. The molecule has 1 aromatic rings. The van der Waals surface area contributed by atoms with Crippen molar-refractivity contribution >= 4 is 23.5 Å². The van der Waals surface area contributed by atoms with Crippen LogP contribution in [0.4, 0.5) is 5.69 Å². The first-order valence-corrected chi connectivity index (χ1v) is 16.2. The second kappa shape index (κ2) is 18.3. The predicted molar refractivity (Wildman–Crippen MR) is 177 cm³/mol. The number of aromatic hydroxyl groups is 2. The standard InChI is InChI=1S/C36H50N2O8/c1-23-14-13-17-27-20-28(39)21-30(34(27)42)38-32(40)22-29(45-4)18-11-6-5-7-12-19-31(24(2)33(23)41)46-36(44)25(3)37-35(43)26-15-9-8-10-16-26/h5-7,11-12,14,18,20-21,24-26,29,31,33,39,41-42H,8-10,13,15-17,19,22H2,1-4H3,(H,37,43)(H,38,40)/b6-5+,12-7+,18-11?,23-14-. The van der Waals surface area contributed by atoms with Gasteiger partial charge in [-0.05, 0) is 56.7 Å². The van der Waals surface area contributed by atoms with Crippen molar-refractivity contribution in [3.8, 4) is 11.5 Å². The number of anilines is 1. The molecule has 3 rings (SSSR count). The summed E-state index contributed by atoms with van der Waals surface area (Å²) in [5, 5.41) is 37.8. The normalized spacial score (nSPS) is 27.2. The molecule has 5 N–H and O–H groups in total. The lowest BCUT2D eigenvalue weighted by atomic mass is 9.88. The number of methoxy groups -OCH3 is 1. The molecular weight excluding hydrogens is 588 g/mol. The van der Waals surface area contributed by atoms with E-state index in [0.717, 1.165) is 32.1 Å². The van der Waals surface area contributed by atoms with Crippen LogP contribution >= 0.6 is 0 Å². The number of carbonyl (C=O) groups is 3. The maximum absolute atomic E-state index is 13.1.